The lowest BCUT2D eigenvalue weighted by molar-refractivity contribution is 0.0436. The van der Waals surface area contributed by atoms with E-state index < -0.39 is 5.60 Å². The highest BCUT2D eigenvalue weighted by Gasteiger charge is 2.26. The van der Waals surface area contributed by atoms with E-state index in [0.29, 0.717) is 11.8 Å². The van der Waals surface area contributed by atoms with Gasteiger partial charge in [0.25, 0.3) is 0 Å². The molecule has 1 saturated heterocycles. The Bertz CT molecular complexity index is 506. The molecule has 142 valence electrons. The first-order chi connectivity index (χ1) is 12.0. The van der Waals surface area contributed by atoms with Crippen LogP contribution in [-0.2, 0) is 5.60 Å². The molecule has 1 aromatic heterocycles. The van der Waals surface area contributed by atoms with Crippen molar-refractivity contribution in [3.8, 4) is 0 Å². The standard InChI is InChI=1S/C19H34N4O2/c1-4-6-11-23-12-9-16(10-13-23)22-18(20-5-2)21-15-19(3,24)17-8-7-14-25-17/h7-8,14,16,24H,4-6,9-13,15H2,1-3H3,(H2,20,21,22). The van der Waals surface area contributed by atoms with Crippen LogP contribution < -0.4 is 10.6 Å². The first-order valence-electron chi connectivity index (χ1n) is 9.58. The number of unbranched alkanes of at least 4 members (excludes halogenated alkanes) is 1. The Morgan fingerprint density at radius 1 is 1.40 bits per heavy atom. The van der Waals surface area contributed by atoms with Gasteiger partial charge in [-0.05, 0) is 51.8 Å². The van der Waals surface area contributed by atoms with E-state index >= 15 is 0 Å². The van der Waals surface area contributed by atoms with Crippen molar-refractivity contribution in [1.29, 1.82) is 0 Å². The number of piperidine rings is 1. The van der Waals surface area contributed by atoms with Crippen LogP contribution in [0.3, 0.4) is 0 Å². The minimum Gasteiger partial charge on any atom is -0.466 e. The van der Waals surface area contributed by atoms with E-state index in [2.05, 4.69) is 34.4 Å². The van der Waals surface area contributed by atoms with Crippen LogP contribution in [0.25, 0.3) is 0 Å². The summed E-state index contributed by atoms with van der Waals surface area (Å²) in [5.41, 5.74) is -1.10. The molecule has 0 aromatic carbocycles. The largest absolute Gasteiger partial charge is 0.466 e. The first kappa shape index (κ1) is 19.8. The predicted octanol–water partition coefficient (Wildman–Crippen LogP) is 2.31. The first-order valence-corrected chi connectivity index (χ1v) is 9.58. The zero-order valence-electron chi connectivity index (χ0n) is 15.9. The molecule has 1 fully saturated rings. The van der Waals surface area contributed by atoms with Crippen molar-refractivity contribution in [2.75, 3.05) is 32.7 Å². The fourth-order valence-electron chi connectivity index (χ4n) is 3.09. The van der Waals surface area contributed by atoms with Crippen LogP contribution in [0, 0.1) is 0 Å². The predicted molar refractivity (Wildman–Crippen MR) is 102 cm³/mol. The number of hydrogen-bond donors (Lipinski definition) is 3. The third kappa shape index (κ3) is 6.36. The molecule has 0 aliphatic carbocycles. The van der Waals surface area contributed by atoms with E-state index in [-0.39, 0.29) is 6.54 Å². The van der Waals surface area contributed by atoms with Gasteiger partial charge in [-0.1, -0.05) is 13.3 Å². The van der Waals surface area contributed by atoms with Gasteiger partial charge in [0.05, 0.1) is 12.8 Å². The fourth-order valence-corrected chi connectivity index (χ4v) is 3.09. The molecule has 1 aromatic rings. The van der Waals surface area contributed by atoms with Crippen LogP contribution in [0.1, 0.15) is 52.2 Å². The van der Waals surface area contributed by atoms with Gasteiger partial charge in [-0.15, -0.1) is 0 Å². The van der Waals surface area contributed by atoms with E-state index in [9.17, 15) is 5.11 Å². The molecule has 2 heterocycles. The number of aliphatic imine (C=N–C) groups is 1. The van der Waals surface area contributed by atoms with Gasteiger partial charge in [0, 0.05) is 25.7 Å². The van der Waals surface area contributed by atoms with Crippen molar-refractivity contribution in [3.63, 3.8) is 0 Å². The molecule has 1 aliphatic rings. The lowest BCUT2D eigenvalue weighted by Crippen LogP contribution is -2.49. The zero-order valence-corrected chi connectivity index (χ0v) is 15.9. The van der Waals surface area contributed by atoms with Crippen molar-refractivity contribution in [2.24, 2.45) is 4.99 Å². The molecule has 1 atom stereocenters. The minimum absolute atomic E-state index is 0.255. The van der Waals surface area contributed by atoms with Crippen LogP contribution in [0.5, 0.6) is 0 Å². The molecule has 0 bridgehead atoms. The Labute approximate surface area is 151 Å². The van der Waals surface area contributed by atoms with Crippen LogP contribution >= 0.6 is 0 Å². The molecular formula is C19H34N4O2. The SMILES string of the molecule is CCCCN1CCC(NC(=NCC(C)(O)c2ccco2)NCC)CC1. The summed E-state index contributed by atoms with van der Waals surface area (Å²) in [6.07, 6.45) is 6.36. The number of guanidine groups is 1. The van der Waals surface area contributed by atoms with Crippen molar-refractivity contribution in [3.05, 3.63) is 24.2 Å². The van der Waals surface area contributed by atoms with Crippen molar-refractivity contribution in [1.82, 2.24) is 15.5 Å². The van der Waals surface area contributed by atoms with Gasteiger partial charge < -0.3 is 25.1 Å². The van der Waals surface area contributed by atoms with E-state index in [1.165, 1.54) is 19.4 Å². The van der Waals surface area contributed by atoms with Gasteiger partial charge in [0.15, 0.2) is 5.96 Å². The van der Waals surface area contributed by atoms with E-state index in [1.54, 1.807) is 25.3 Å². The summed E-state index contributed by atoms with van der Waals surface area (Å²) in [5.74, 6) is 1.30. The number of furan rings is 1. The third-order valence-electron chi connectivity index (χ3n) is 4.70. The zero-order chi connectivity index (χ0) is 18.1. The molecule has 2 rings (SSSR count). The summed E-state index contributed by atoms with van der Waals surface area (Å²) in [6.45, 7) is 10.6. The fraction of sp³-hybridized carbons (Fsp3) is 0.737. The molecular weight excluding hydrogens is 316 g/mol. The average molecular weight is 351 g/mol. The topological polar surface area (TPSA) is 73.0 Å². The number of rotatable bonds is 8. The van der Waals surface area contributed by atoms with Crippen molar-refractivity contribution >= 4 is 5.96 Å². The summed E-state index contributed by atoms with van der Waals surface area (Å²) in [6, 6.07) is 4.00. The lowest BCUT2D eigenvalue weighted by atomic mass is 10.0. The summed E-state index contributed by atoms with van der Waals surface area (Å²) in [5, 5.41) is 17.4. The summed E-state index contributed by atoms with van der Waals surface area (Å²) in [4.78, 5) is 7.12. The second kappa shape index (κ2) is 9.82. The summed E-state index contributed by atoms with van der Waals surface area (Å²) >= 11 is 0. The Morgan fingerprint density at radius 3 is 2.76 bits per heavy atom. The van der Waals surface area contributed by atoms with Crippen LogP contribution in [-0.4, -0.2) is 54.7 Å². The second-order valence-electron chi connectivity index (χ2n) is 7.06. The molecule has 1 aliphatic heterocycles. The molecule has 1 unspecified atom stereocenters. The van der Waals surface area contributed by atoms with Crippen LogP contribution in [0.4, 0.5) is 0 Å². The molecule has 0 radical (unpaired) electrons. The normalized spacial score (nSPS) is 19.6. The summed E-state index contributed by atoms with van der Waals surface area (Å²) in [7, 11) is 0. The van der Waals surface area contributed by atoms with Gasteiger partial charge in [0.1, 0.15) is 11.4 Å². The number of aliphatic hydroxyl groups is 1. The van der Waals surface area contributed by atoms with Gasteiger partial charge >= 0.3 is 0 Å². The maximum Gasteiger partial charge on any atom is 0.191 e. The van der Waals surface area contributed by atoms with Crippen LogP contribution in [0.15, 0.2) is 27.8 Å². The van der Waals surface area contributed by atoms with E-state index in [1.807, 2.05) is 0 Å². The summed E-state index contributed by atoms with van der Waals surface area (Å²) < 4.78 is 5.32. The maximum absolute atomic E-state index is 10.6. The lowest BCUT2D eigenvalue weighted by Gasteiger charge is -2.33. The average Bonchev–Trinajstić information content (AvgIpc) is 3.15. The second-order valence-corrected chi connectivity index (χ2v) is 7.06. The van der Waals surface area contributed by atoms with Crippen LogP contribution in [0.2, 0.25) is 0 Å². The number of nitrogens with one attached hydrogen (secondary N) is 2. The molecule has 0 amide bonds. The number of nitrogens with zero attached hydrogens (tertiary/aromatic N) is 2. The molecule has 3 N–H and O–H groups in total. The highest BCUT2D eigenvalue weighted by atomic mass is 16.4. The van der Waals surface area contributed by atoms with E-state index in [0.717, 1.165) is 38.4 Å². The molecule has 0 spiro atoms. The smallest absolute Gasteiger partial charge is 0.191 e. The minimum atomic E-state index is -1.10. The van der Waals surface area contributed by atoms with Gasteiger partial charge in [-0.2, -0.15) is 0 Å². The molecule has 6 heteroatoms. The molecule has 0 saturated carbocycles. The quantitative estimate of drug-likeness (QED) is 0.496. The van der Waals surface area contributed by atoms with Crippen molar-refractivity contribution in [2.45, 2.75) is 58.1 Å². The Morgan fingerprint density at radius 2 is 2.16 bits per heavy atom. The highest BCUT2D eigenvalue weighted by Crippen LogP contribution is 2.21. The monoisotopic (exact) mass is 350 g/mol. The van der Waals surface area contributed by atoms with Gasteiger partial charge in [-0.3, -0.25) is 0 Å². The van der Waals surface area contributed by atoms with Gasteiger partial charge in [0.2, 0.25) is 0 Å². The highest BCUT2D eigenvalue weighted by molar-refractivity contribution is 5.80. The number of hydrogen-bond acceptors (Lipinski definition) is 4. The van der Waals surface area contributed by atoms with Crippen molar-refractivity contribution < 1.29 is 9.52 Å². The molecule has 25 heavy (non-hydrogen) atoms. The Balaban J connectivity index is 1.86. The Kier molecular flexibility index (Phi) is 7.78. The van der Waals surface area contributed by atoms with Gasteiger partial charge in [-0.25, -0.2) is 4.99 Å². The maximum atomic E-state index is 10.6. The molecule has 6 nitrogen and oxygen atoms in total. The van der Waals surface area contributed by atoms with E-state index in [4.69, 9.17) is 4.42 Å². The Hall–Kier alpha value is -1.53. The number of likely N-dealkylation sites (tertiary alicyclic amines) is 1. The third-order valence-corrected chi connectivity index (χ3v) is 4.70.